The van der Waals surface area contributed by atoms with Crippen molar-refractivity contribution in [3.8, 4) is 10.6 Å². The van der Waals surface area contributed by atoms with Gasteiger partial charge in [0.25, 0.3) is 0 Å². The fourth-order valence-electron chi connectivity index (χ4n) is 1.77. The van der Waals surface area contributed by atoms with E-state index in [2.05, 4.69) is 31.9 Å². The summed E-state index contributed by atoms with van der Waals surface area (Å²) in [5.74, 6) is 0. The van der Waals surface area contributed by atoms with Crippen LogP contribution in [0.1, 0.15) is 5.01 Å². The second-order valence-electron chi connectivity index (χ2n) is 3.91. The molecule has 6 heteroatoms. The molecule has 2 heterocycles. The van der Waals surface area contributed by atoms with Crippen LogP contribution in [-0.4, -0.2) is 26.0 Å². The van der Waals surface area contributed by atoms with Gasteiger partial charge in [-0.3, -0.25) is 0 Å². The molecular weight excluding hydrogens is 276 g/mol. The average Bonchev–Trinajstić information content (AvgIpc) is 3.09. The summed E-state index contributed by atoms with van der Waals surface area (Å²) in [6, 6.07) is 10.1. The maximum Gasteiger partial charge on any atom is 0.168 e. The third-order valence-corrected chi connectivity index (χ3v) is 4.32. The predicted molar refractivity (Wildman–Crippen MR) is 78.5 cm³/mol. The highest BCUT2D eigenvalue weighted by Crippen LogP contribution is 2.24. The van der Waals surface area contributed by atoms with Gasteiger partial charge in [-0.2, -0.15) is 0 Å². The lowest BCUT2D eigenvalue weighted by Crippen LogP contribution is -1.99. The lowest BCUT2D eigenvalue weighted by Gasteiger charge is -2.01. The number of imidazole rings is 1. The second-order valence-corrected chi connectivity index (χ2v) is 5.74. The summed E-state index contributed by atoms with van der Waals surface area (Å²) in [4.78, 5) is 4.28. The van der Waals surface area contributed by atoms with Crippen molar-refractivity contribution in [3.05, 3.63) is 47.7 Å². The van der Waals surface area contributed by atoms with Crippen LogP contribution in [0.15, 0.2) is 47.9 Å². The lowest BCUT2D eigenvalue weighted by molar-refractivity contribution is 0.699. The summed E-state index contributed by atoms with van der Waals surface area (Å²) in [5.41, 5.74) is 1.11. The molecule has 0 fully saturated rings. The van der Waals surface area contributed by atoms with Gasteiger partial charge in [0, 0.05) is 18.0 Å². The van der Waals surface area contributed by atoms with Crippen molar-refractivity contribution >= 4 is 23.1 Å². The number of benzene rings is 1. The number of nitrogens with zero attached hydrogens (tertiary/aromatic N) is 4. The Hall–Kier alpha value is -1.66. The van der Waals surface area contributed by atoms with Crippen LogP contribution in [0.2, 0.25) is 0 Å². The van der Waals surface area contributed by atoms with Gasteiger partial charge in [-0.15, -0.1) is 10.2 Å². The van der Waals surface area contributed by atoms with E-state index in [1.54, 1.807) is 23.1 Å². The van der Waals surface area contributed by atoms with Gasteiger partial charge < -0.3 is 4.57 Å². The zero-order chi connectivity index (χ0) is 13.1. The Morgan fingerprint density at radius 3 is 2.84 bits per heavy atom. The minimum atomic E-state index is 0.723. The molecule has 3 rings (SSSR count). The molecule has 0 saturated carbocycles. The van der Waals surface area contributed by atoms with Crippen LogP contribution >= 0.6 is 23.1 Å². The Kier molecular flexibility index (Phi) is 3.61. The van der Waals surface area contributed by atoms with Crippen LogP contribution in [0.5, 0.6) is 0 Å². The number of rotatable bonds is 4. The quantitative estimate of drug-likeness (QED) is 0.692. The Labute approximate surface area is 119 Å². The lowest BCUT2D eigenvalue weighted by atomic mass is 10.2. The van der Waals surface area contributed by atoms with Crippen LogP contribution in [0, 0.1) is 0 Å². The van der Waals surface area contributed by atoms with Gasteiger partial charge >= 0.3 is 0 Å². The maximum absolute atomic E-state index is 4.28. The molecule has 0 N–H and O–H groups in total. The minimum absolute atomic E-state index is 0.723. The normalized spacial score (nSPS) is 10.8. The van der Waals surface area contributed by atoms with Gasteiger partial charge in [-0.1, -0.05) is 53.4 Å². The van der Waals surface area contributed by atoms with E-state index < -0.39 is 0 Å². The fraction of sp³-hybridized carbons (Fsp3) is 0.154. The first-order valence-electron chi connectivity index (χ1n) is 5.80. The monoisotopic (exact) mass is 288 g/mol. The first-order chi connectivity index (χ1) is 9.36. The van der Waals surface area contributed by atoms with Crippen LogP contribution in [-0.2, 0) is 6.54 Å². The van der Waals surface area contributed by atoms with Crippen molar-refractivity contribution in [2.75, 3.05) is 6.26 Å². The topological polar surface area (TPSA) is 43.6 Å². The number of thioether (sulfide) groups is 1. The van der Waals surface area contributed by atoms with Gasteiger partial charge in [-0.05, 0) is 6.26 Å². The van der Waals surface area contributed by atoms with E-state index in [1.165, 1.54) is 0 Å². The zero-order valence-electron chi connectivity index (χ0n) is 10.4. The van der Waals surface area contributed by atoms with Gasteiger partial charge in [-0.25, -0.2) is 4.98 Å². The van der Waals surface area contributed by atoms with Gasteiger partial charge in [0.2, 0.25) is 0 Å². The average molecular weight is 288 g/mol. The molecule has 0 atom stereocenters. The molecule has 19 heavy (non-hydrogen) atoms. The van der Waals surface area contributed by atoms with Gasteiger partial charge in [0.05, 0.1) is 6.54 Å². The van der Waals surface area contributed by atoms with Gasteiger partial charge in [0.15, 0.2) is 5.16 Å². The second kappa shape index (κ2) is 5.54. The minimum Gasteiger partial charge on any atom is -0.319 e. The zero-order valence-corrected chi connectivity index (χ0v) is 12.0. The van der Waals surface area contributed by atoms with Crippen molar-refractivity contribution in [3.63, 3.8) is 0 Å². The highest BCUT2D eigenvalue weighted by molar-refractivity contribution is 7.98. The van der Waals surface area contributed by atoms with Crippen LogP contribution in [0.4, 0.5) is 0 Å². The highest BCUT2D eigenvalue weighted by Gasteiger charge is 2.08. The Morgan fingerprint density at radius 1 is 1.21 bits per heavy atom. The summed E-state index contributed by atoms with van der Waals surface area (Å²) < 4.78 is 2.08. The third kappa shape index (κ3) is 2.69. The van der Waals surface area contributed by atoms with E-state index in [4.69, 9.17) is 0 Å². The van der Waals surface area contributed by atoms with E-state index in [9.17, 15) is 0 Å². The van der Waals surface area contributed by atoms with Crippen LogP contribution < -0.4 is 0 Å². The molecule has 4 nitrogen and oxygen atoms in total. The third-order valence-electron chi connectivity index (χ3n) is 2.65. The van der Waals surface area contributed by atoms with Crippen molar-refractivity contribution in [1.29, 1.82) is 0 Å². The summed E-state index contributed by atoms with van der Waals surface area (Å²) in [5, 5.41) is 11.5. The maximum atomic E-state index is 4.28. The number of hydrogen-bond acceptors (Lipinski definition) is 5. The first-order valence-corrected chi connectivity index (χ1v) is 7.84. The highest BCUT2D eigenvalue weighted by atomic mass is 32.2. The summed E-state index contributed by atoms with van der Waals surface area (Å²) >= 11 is 3.26. The molecule has 0 aliphatic heterocycles. The van der Waals surface area contributed by atoms with E-state index in [0.717, 1.165) is 27.3 Å². The van der Waals surface area contributed by atoms with E-state index in [1.807, 2.05) is 36.8 Å². The molecule has 2 aromatic heterocycles. The molecule has 0 amide bonds. The summed E-state index contributed by atoms with van der Waals surface area (Å²) in [6.45, 7) is 0.723. The van der Waals surface area contributed by atoms with Crippen molar-refractivity contribution < 1.29 is 0 Å². The first kappa shape index (κ1) is 12.4. The Morgan fingerprint density at radius 2 is 2.05 bits per heavy atom. The standard InChI is InChI=1S/C13H12N4S2/c1-18-13-14-7-8-17(13)9-11-15-16-12(19-11)10-5-3-2-4-6-10/h2-8H,9H2,1H3. The molecule has 0 aliphatic carbocycles. The summed E-state index contributed by atoms with van der Waals surface area (Å²) in [7, 11) is 0. The predicted octanol–water partition coefficient (Wildman–Crippen LogP) is 3.17. The van der Waals surface area contributed by atoms with Crippen molar-refractivity contribution in [2.24, 2.45) is 0 Å². The molecule has 0 bridgehead atoms. The molecule has 0 radical (unpaired) electrons. The fourth-order valence-corrected chi connectivity index (χ4v) is 3.14. The van der Waals surface area contributed by atoms with E-state index in [-0.39, 0.29) is 0 Å². The van der Waals surface area contributed by atoms with E-state index in [0.29, 0.717) is 0 Å². The summed E-state index contributed by atoms with van der Waals surface area (Å²) in [6.07, 6.45) is 5.80. The Bertz CT molecular complexity index is 660. The van der Waals surface area contributed by atoms with E-state index >= 15 is 0 Å². The molecule has 1 aromatic carbocycles. The van der Waals surface area contributed by atoms with Crippen LogP contribution in [0.3, 0.4) is 0 Å². The molecule has 3 aromatic rings. The molecule has 0 aliphatic rings. The largest absolute Gasteiger partial charge is 0.319 e. The van der Waals surface area contributed by atoms with Crippen LogP contribution in [0.25, 0.3) is 10.6 Å². The molecule has 96 valence electrons. The van der Waals surface area contributed by atoms with Crippen molar-refractivity contribution in [2.45, 2.75) is 11.7 Å². The Balaban J connectivity index is 1.82. The number of hydrogen-bond donors (Lipinski definition) is 0. The number of aromatic nitrogens is 4. The van der Waals surface area contributed by atoms with Gasteiger partial charge in [0.1, 0.15) is 10.0 Å². The molecule has 0 saturated heterocycles. The molecule has 0 spiro atoms. The molecular formula is C13H12N4S2. The SMILES string of the molecule is CSc1nccn1Cc1nnc(-c2ccccc2)s1. The molecule has 0 unspecified atom stereocenters. The smallest absolute Gasteiger partial charge is 0.168 e. The van der Waals surface area contributed by atoms with Crippen molar-refractivity contribution in [1.82, 2.24) is 19.7 Å².